The average molecular weight is 475 g/mol. The summed E-state index contributed by atoms with van der Waals surface area (Å²) in [6.45, 7) is 2.71. The van der Waals surface area contributed by atoms with E-state index in [-0.39, 0.29) is 42.3 Å². The first kappa shape index (κ1) is 23.5. The number of hydrogen-bond acceptors (Lipinski definition) is 3. The number of urea groups is 1. The van der Waals surface area contributed by atoms with Gasteiger partial charge in [0.1, 0.15) is 0 Å². The molecule has 4 heterocycles. The molecule has 3 amide bonds. The van der Waals surface area contributed by atoms with Crippen LogP contribution in [0.4, 0.5) is 19.3 Å². The maximum absolute atomic E-state index is 12.9. The zero-order valence-corrected chi connectivity index (χ0v) is 20.3. The van der Waals surface area contributed by atoms with Crippen molar-refractivity contribution in [2.75, 3.05) is 38.6 Å². The molecule has 0 saturated carbocycles. The summed E-state index contributed by atoms with van der Waals surface area (Å²) in [6.07, 6.45) is 3.14. The molecule has 4 aliphatic rings. The molecule has 4 aliphatic heterocycles. The maximum Gasteiger partial charge on any atom is 0.323 e. The van der Waals surface area contributed by atoms with Crippen LogP contribution in [-0.2, 0) is 10.2 Å². The first-order valence-corrected chi connectivity index (χ1v) is 12.7. The highest BCUT2D eigenvalue weighted by atomic mass is 19.3. The molecule has 0 aliphatic carbocycles. The minimum absolute atomic E-state index is 0.00366. The van der Waals surface area contributed by atoms with Gasteiger partial charge in [0.25, 0.3) is 0 Å². The number of benzene rings is 1. The predicted octanol–water partition coefficient (Wildman–Crippen LogP) is 4.09. The van der Waals surface area contributed by atoms with Crippen LogP contribution in [0.25, 0.3) is 0 Å². The molecule has 8 heteroatoms. The molecule has 2 bridgehead atoms. The Labute approximate surface area is 200 Å². The number of fused-ring (bicyclic) bond motifs is 4. The standard InChI is InChI=1S/C26H36F2N4O2/c1-29(2)25(34)31-17-26(21-5-3-4-6-22(21)31)11-13-30(14-12-26)20-15-18-7-8-19(16-20)32(18)24(33)10-9-23(27)28/h3-6,18-20,23H,7-17H2,1-2H3. The fraction of sp³-hybridized carbons (Fsp3) is 0.692. The molecule has 34 heavy (non-hydrogen) atoms. The van der Waals surface area contributed by atoms with Crippen molar-refractivity contribution in [2.24, 2.45) is 0 Å². The molecule has 2 atom stereocenters. The highest BCUT2D eigenvalue weighted by Crippen LogP contribution is 2.48. The van der Waals surface area contributed by atoms with E-state index in [0.717, 1.165) is 63.8 Å². The zero-order chi connectivity index (χ0) is 24.0. The van der Waals surface area contributed by atoms with Crippen molar-refractivity contribution in [3.05, 3.63) is 29.8 Å². The fourth-order valence-electron chi connectivity index (χ4n) is 7.00. The first-order valence-electron chi connectivity index (χ1n) is 12.7. The van der Waals surface area contributed by atoms with Crippen molar-refractivity contribution in [2.45, 2.75) is 81.3 Å². The Morgan fingerprint density at radius 1 is 1.06 bits per heavy atom. The van der Waals surface area contributed by atoms with E-state index >= 15 is 0 Å². The van der Waals surface area contributed by atoms with Crippen molar-refractivity contribution in [1.29, 1.82) is 0 Å². The second-order valence-electron chi connectivity index (χ2n) is 10.8. The quantitative estimate of drug-likeness (QED) is 0.661. The number of alkyl halides is 2. The van der Waals surface area contributed by atoms with Crippen LogP contribution in [0.3, 0.4) is 0 Å². The van der Waals surface area contributed by atoms with Gasteiger partial charge >= 0.3 is 6.03 Å². The monoisotopic (exact) mass is 474 g/mol. The molecular weight excluding hydrogens is 438 g/mol. The number of piperidine rings is 2. The lowest BCUT2D eigenvalue weighted by atomic mass is 9.73. The van der Waals surface area contributed by atoms with Crippen LogP contribution in [-0.4, -0.2) is 84.9 Å². The van der Waals surface area contributed by atoms with E-state index < -0.39 is 6.43 Å². The van der Waals surface area contributed by atoms with Crippen LogP contribution in [0.1, 0.15) is 56.9 Å². The second-order valence-corrected chi connectivity index (χ2v) is 10.8. The lowest BCUT2D eigenvalue weighted by molar-refractivity contribution is -0.137. The summed E-state index contributed by atoms with van der Waals surface area (Å²) in [7, 11) is 3.61. The fourth-order valence-corrected chi connectivity index (χ4v) is 7.00. The molecule has 186 valence electrons. The number of anilines is 1. The minimum Gasteiger partial charge on any atom is -0.337 e. The number of rotatable bonds is 4. The van der Waals surface area contributed by atoms with Gasteiger partial charge in [-0.15, -0.1) is 0 Å². The van der Waals surface area contributed by atoms with Gasteiger partial charge in [-0.2, -0.15) is 0 Å². The van der Waals surface area contributed by atoms with Gasteiger partial charge in [0.15, 0.2) is 0 Å². The van der Waals surface area contributed by atoms with Gasteiger partial charge < -0.3 is 14.7 Å². The van der Waals surface area contributed by atoms with E-state index in [1.54, 1.807) is 19.0 Å². The summed E-state index contributed by atoms with van der Waals surface area (Å²) in [5.41, 5.74) is 2.34. The lowest BCUT2D eigenvalue weighted by Crippen LogP contribution is -2.55. The topological polar surface area (TPSA) is 47.1 Å². The van der Waals surface area contributed by atoms with Crippen LogP contribution < -0.4 is 4.90 Å². The number of likely N-dealkylation sites (tertiary alicyclic amines) is 1. The largest absolute Gasteiger partial charge is 0.337 e. The SMILES string of the molecule is CN(C)C(=O)N1CC2(CCN(C3CC4CCC(C3)N4C(=O)CCC(F)F)CC2)c2ccccc21. The molecule has 0 radical (unpaired) electrons. The Morgan fingerprint density at radius 2 is 1.71 bits per heavy atom. The molecule has 1 aromatic rings. The third-order valence-electron chi connectivity index (χ3n) is 8.68. The number of amides is 3. The Kier molecular flexibility index (Phi) is 6.29. The highest BCUT2D eigenvalue weighted by Gasteiger charge is 2.49. The van der Waals surface area contributed by atoms with Gasteiger partial charge in [-0.05, 0) is 63.2 Å². The Morgan fingerprint density at radius 3 is 2.32 bits per heavy atom. The Bertz CT molecular complexity index is 917. The van der Waals surface area contributed by atoms with Crippen molar-refractivity contribution < 1.29 is 18.4 Å². The minimum atomic E-state index is -2.41. The summed E-state index contributed by atoms with van der Waals surface area (Å²) in [6, 6.07) is 9.23. The van der Waals surface area contributed by atoms with Gasteiger partial charge in [0, 0.05) is 62.7 Å². The number of hydrogen-bond donors (Lipinski definition) is 0. The van der Waals surface area contributed by atoms with Gasteiger partial charge in [-0.1, -0.05) is 18.2 Å². The number of carbonyl (C=O) groups is 2. The van der Waals surface area contributed by atoms with Crippen molar-refractivity contribution in [1.82, 2.24) is 14.7 Å². The van der Waals surface area contributed by atoms with E-state index in [4.69, 9.17) is 0 Å². The summed E-state index contributed by atoms with van der Waals surface area (Å²) < 4.78 is 25.2. The lowest BCUT2D eigenvalue weighted by Gasteiger charge is -2.47. The smallest absolute Gasteiger partial charge is 0.323 e. The molecule has 6 nitrogen and oxygen atoms in total. The van der Waals surface area contributed by atoms with Crippen LogP contribution in [0.5, 0.6) is 0 Å². The van der Waals surface area contributed by atoms with E-state index in [2.05, 4.69) is 23.1 Å². The molecule has 1 spiro atoms. The maximum atomic E-state index is 12.9. The van der Waals surface area contributed by atoms with Crippen LogP contribution in [0.15, 0.2) is 24.3 Å². The molecule has 5 rings (SSSR count). The highest BCUT2D eigenvalue weighted by molar-refractivity contribution is 5.95. The Balaban J connectivity index is 1.24. The van der Waals surface area contributed by atoms with E-state index in [0.29, 0.717) is 6.04 Å². The molecule has 0 aromatic heterocycles. The number of nitrogens with zero attached hydrogens (tertiary/aromatic N) is 4. The van der Waals surface area contributed by atoms with Gasteiger partial charge in [-0.3, -0.25) is 9.69 Å². The van der Waals surface area contributed by atoms with Gasteiger partial charge in [-0.25, -0.2) is 13.6 Å². The third kappa shape index (κ3) is 4.08. The van der Waals surface area contributed by atoms with Gasteiger partial charge in [0.2, 0.25) is 12.3 Å². The van der Waals surface area contributed by atoms with Gasteiger partial charge in [0.05, 0.1) is 0 Å². The van der Waals surface area contributed by atoms with Crippen LogP contribution in [0.2, 0.25) is 0 Å². The third-order valence-corrected chi connectivity index (χ3v) is 8.68. The van der Waals surface area contributed by atoms with Crippen molar-refractivity contribution in [3.63, 3.8) is 0 Å². The summed E-state index contributed by atoms with van der Waals surface area (Å²) in [4.78, 5) is 33.6. The number of halogens is 2. The Hall–Kier alpha value is -2.22. The average Bonchev–Trinajstić information content (AvgIpc) is 3.28. The molecular formula is C26H36F2N4O2. The zero-order valence-electron chi connectivity index (χ0n) is 20.3. The van der Waals surface area contributed by atoms with Crippen LogP contribution in [0, 0.1) is 0 Å². The molecule has 0 N–H and O–H groups in total. The predicted molar refractivity (Wildman–Crippen MR) is 127 cm³/mol. The summed E-state index contributed by atoms with van der Waals surface area (Å²) in [5, 5.41) is 0. The van der Waals surface area contributed by atoms with E-state index in [9.17, 15) is 18.4 Å². The second kappa shape index (κ2) is 9.10. The van der Waals surface area contributed by atoms with E-state index in [1.807, 2.05) is 15.9 Å². The number of carbonyl (C=O) groups excluding carboxylic acids is 2. The molecule has 1 aromatic carbocycles. The normalized spacial score (nSPS) is 28.0. The molecule has 3 fully saturated rings. The molecule has 2 unspecified atom stereocenters. The summed E-state index contributed by atoms with van der Waals surface area (Å²) in [5.74, 6) is -0.0861. The first-order chi connectivity index (χ1) is 16.3. The molecule has 3 saturated heterocycles. The van der Waals surface area contributed by atoms with Crippen molar-refractivity contribution in [3.8, 4) is 0 Å². The van der Waals surface area contributed by atoms with Crippen LogP contribution >= 0.6 is 0 Å². The summed E-state index contributed by atoms with van der Waals surface area (Å²) >= 11 is 0. The number of para-hydroxylation sites is 1. The van der Waals surface area contributed by atoms with E-state index in [1.165, 1.54) is 5.56 Å². The van der Waals surface area contributed by atoms with Crippen molar-refractivity contribution >= 4 is 17.6 Å².